The molecule has 0 unspecified atom stereocenters. The van der Waals surface area contributed by atoms with Crippen LogP contribution in [0.15, 0.2) is 41.3 Å². The average Bonchev–Trinajstić information content (AvgIpc) is 2.33. The van der Waals surface area contributed by atoms with Crippen LogP contribution in [0.5, 0.6) is 5.75 Å². The van der Waals surface area contributed by atoms with Crippen molar-refractivity contribution in [2.45, 2.75) is 18.4 Å². The molecule has 0 bridgehead atoms. The summed E-state index contributed by atoms with van der Waals surface area (Å²) in [6.07, 6.45) is 0. The van der Waals surface area contributed by atoms with Crippen molar-refractivity contribution < 1.29 is 21.9 Å². The molecular formula is C14H13F2NO3S. The van der Waals surface area contributed by atoms with Crippen molar-refractivity contribution in [2.75, 3.05) is 0 Å². The van der Waals surface area contributed by atoms with E-state index in [4.69, 9.17) is 9.88 Å². The Hall–Kier alpha value is -1.99. The van der Waals surface area contributed by atoms with Crippen molar-refractivity contribution in [3.8, 4) is 5.75 Å². The van der Waals surface area contributed by atoms with Crippen LogP contribution in [0.2, 0.25) is 0 Å². The van der Waals surface area contributed by atoms with Crippen molar-refractivity contribution in [3.05, 3.63) is 59.2 Å². The topological polar surface area (TPSA) is 69.4 Å². The Labute approximate surface area is 121 Å². The van der Waals surface area contributed by atoms with Gasteiger partial charge >= 0.3 is 0 Å². The molecule has 0 aliphatic heterocycles. The van der Waals surface area contributed by atoms with E-state index in [9.17, 15) is 17.2 Å². The fraction of sp³-hybridized carbons (Fsp3) is 0.143. The molecule has 0 aromatic heterocycles. The van der Waals surface area contributed by atoms with E-state index in [1.165, 1.54) is 18.2 Å². The van der Waals surface area contributed by atoms with Crippen LogP contribution in [0.4, 0.5) is 8.78 Å². The van der Waals surface area contributed by atoms with Crippen LogP contribution in [0.1, 0.15) is 11.1 Å². The third-order valence-corrected chi connectivity index (χ3v) is 3.85. The molecule has 2 rings (SSSR count). The summed E-state index contributed by atoms with van der Waals surface area (Å²) in [6.45, 7) is 1.54. The molecule has 112 valence electrons. The van der Waals surface area contributed by atoms with Crippen LogP contribution >= 0.6 is 0 Å². The molecule has 2 aromatic carbocycles. The predicted octanol–water partition coefficient (Wildman–Crippen LogP) is 2.50. The van der Waals surface area contributed by atoms with E-state index >= 15 is 0 Å². The Morgan fingerprint density at radius 1 is 1.10 bits per heavy atom. The number of sulfonamides is 1. The Bertz CT molecular complexity index is 756. The highest BCUT2D eigenvalue weighted by Crippen LogP contribution is 2.21. The van der Waals surface area contributed by atoms with Gasteiger partial charge in [0, 0.05) is 6.07 Å². The second-order valence-electron chi connectivity index (χ2n) is 4.54. The highest BCUT2D eigenvalue weighted by atomic mass is 32.2. The van der Waals surface area contributed by atoms with Gasteiger partial charge in [0.2, 0.25) is 10.0 Å². The number of hydrogen-bond acceptors (Lipinski definition) is 3. The first-order valence-corrected chi connectivity index (χ1v) is 7.51. The Balaban J connectivity index is 2.16. The van der Waals surface area contributed by atoms with E-state index in [-0.39, 0.29) is 11.5 Å². The first-order chi connectivity index (χ1) is 9.75. The first kappa shape index (κ1) is 15.4. The van der Waals surface area contributed by atoms with E-state index in [0.717, 1.165) is 18.2 Å². The first-order valence-electron chi connectivity index (χ1n) is 5.97. The number of halogens is 2. The van der Waals surface area contributed by atoms with E-state index in [1.54, 1.807) is 6.92 Å². The van der Waals surface area contributed by atoms with Gasteiger partial charge in [-0.05, 0) is 48.4 Å². The van der Waals surface area contributed by atoms with E-state index in [2.05, 4.69) is 0 Å². The molecule has 21 heavy (non-hydrogen) atoms. The lowest BCUT2D eigenvalue weighted by molar-refractivity contribution is 0.304. The maximum atomic E-state index is 13.0. The zero-order valence-electron chi connectivity index (χ0n) is 11.1. The second-order valence-corrected chi connectivity index (χ2v) is 6.07. The molecule has 0 radical (unpaired) electrons. The number of hydrogen-bond donors (Lipinski definition) is 1. The van der Waals surface area contributed by atoms with Gasteiger partial charge < -0.3 is 4.74 Å². The summed E-state index contributed by atoms with van der Waals surface area (Å²) >= 11 is 0. The van der Waals surface area contributed by atoms with E-state index < -0.39 is 21.7 Å². The molecule has 4 nitrogen and oxygen atoms in total. The van der Waals surface area contributed by atoms with Crippen LogP contribution in [-0.2, 0) is 16.6 Å². The molecule has 0 fully saturated rings. The fourth-order valence-corrected chi connectivity index (χ4v) is 2.66. The molecule has 2 N–H and O–H groups in total. The molecule has 0 saturated heterocycles. The SMILES string of the molecule is Cc1cc(OCc2cc(F)cc(F)c2)ccc1S(N)(=O)=O. The largest absolute Gasteiger partial charge is 0.489 e. The van der Waals surface area contributed by atoms with Crippen LogP contribution in [-0.4, -0.2) is 8.42 Å². The van der Waals surface area contributed by atoms with Crippen LogP contribution in [0, 0.1) is 18.6 Å². The monoisotopic (exact) mass is 313 g/mol. The minimum Gasteiger partial charge on any atom is -0.489 e. The summed E-state index contributed by atoms with van der Waals surface area (Å²) in [6, 6.07) is 7.35. The van der Waals surface area contributed by atoms with Gasteiger partial charge in [-0.15, -0.1) is 0 Å². The average molecular weight is 313 g/mol. The maximum absolute atomic E-state index is 13.0. The van der Waals surface area contributed by atoms with Crippen molar-refractivity contribution in [3.63, 3.8) is 0 Å². The molecule has 0 aliphatic rings. The molecule has 0 amide bonds. The van der Waals surface area contributed by atoms with Crippen LogP contribution < -0.4 is 9.88 Å². The molecular weight excluding hydrogens is 300 g/mol. The van der Waals surface area contributed by atoms with Gasteiger partial charge in [0.15, 0.2) is 0 Å². The van der Waals surface area contributed by atoms with Crippen molar-refractivity contribution in [1.82, 2.24) is 0 Å². The minimum absolute atomic E-state index is 0.00616. The Kier molecular flexibility index (Phi) is 4.24. The van der Waals surface area contributed by atoms with Crippen molar-refractivity contribution in [1.29, 1.82) is 0 Å². The third kappa shape index (κ3) is 3.99. The summed E-state index contributed by atoms with van der Waals surface area (Å²) < 4.78 is 54.0. The summed E-state index contributed by atoms with van der Waals surface area (Å²) in [7, 11) is -3.78. The highest BCUT2D eigenvalue weighted by Gasteiger charge is 2.12. The van der Waals surface area contributed by atoms with E-state index in [0.29, 0.717) is 16.9 Å². The van der Waals surface area contributed by atoms with Gasteiger partial charge in [0.1, 0.15) is 24.0 Å². The molecule has 0 heterocycles. The summed E-state index contributed by atoms with van der Waals surface area (Å²) in [5.74, 6) is -0.992. The van der Waals surface area contributed by atoms with Crippen LogP contribution in [0.3, 0.4) is 0 Å². The summed E-state index contributed by atoms with van der Waals surface area (Å²) in [5.41, 5.74) is 0.765. The fourth-order valence-electron chi connectivity index (χ4n) is 1.89. The number of nitrogens with two attached hydrogens (primary N) is 1. The van der Waals surface area contributed by atoms with Gasteiger partial charge in [-0.2, -0.15) is 0 Å². The van der Waals surface area contributed by atoms with Gasteiger partial charge in [-0.1, -0.05) is 0 Å². The van der Waals surface area contributed by atoms with Crippen LogP contribution in [0.25, 0.3) is 0 Å². The molecule has 0 spiro atoms. The van der Waals surface area contributed by atoms with Crippen molar-refractivity contribution >= 4 is 10.0 Å². The minimum atomic E-state index is -3.78. The standard InChI is InChI=1S/C14H13F2NO3S/c1-9-4-13(2-3-14(9)21(17,18)19)20-8-10-5-11(15)7-12(16)6-10/h2-7H,8H2,1H3,(H2,17,18,19). The quantitative estimate of drug-likeness (QED) is 0.943. The lowest BCUT2D eigenvalue weighted by atomic mass is 10.2. The normalized spacial score (nSPS) is 11.4. The predicted molar refractivity (Wildman–Crippen MR) is 73.2 cm³/mol. The number of benzene rings is 2. The van der Waals surface area contributed by atoms with Gasteiger partial charge in [-0.3, -0.25) is 0 Å². The lowest BCUT2D eigenvalue weighted by Crippen LogP contribution is -2.13. The highest BCUT2D eigenvalue weighted by molar-refractivity contribution is 7.89. The summed E-state index contributed by atoms with van der Waals surface area (Å²) in [4.78, 5) is 0.00616. The smallest absolute Gasteiger partial charge is 0.238 e. The lowest BCUT2D eigenvalue weighted by Gasteiger charge is -2.09. The summed E-state index contributed by atoms with van der Waals surface area (Å²) in [5, 5.41) is 5.05. The van der Waals surface area contributed by atoms with E-state index in [1.807, 2.05) is 0 Å². The number of aryl methyl sites for hydroxylation is 1. The van der Waals surface area contributed by atoms with Gasteiger partial charge in [0.25, 0.3) is 0 Å². The maximum Gasteiger partial charge on any atom is 0.238 e. The second kappa shape index (κ2) is 5.79. The number of primary sulfonamides is 1. The van der Waals surface area contributed by atoms with Gasteiger partial charge in [-0.25, -0.2) is 22.3 Å². The molecule has 2 aromatic rings. The zero-order valence-corrected chi connectivity index (χ0v) is 12.0. The number of rotatable bonds is 4. The van der Waals surface area contributed by atoms with Crippen molar-refractivity contribution in [2.24, 2.45) is 5.14 Å². The third-order valence-electron chi connectivity index (χ3n) is 2.78. The Morgan fingerprint density at radius 2 is 1.71 bits per heavy atom. The zero-order chi connectivity index (χ0) is 15.6. The molecule has 0 atom stereocenters. The molecule has 0 saturated carbocycles. The Morgan fingerprint density at radius 3 is 2.24 bits per heavy atom. The molecule has 0 aliphatic carbocycles. The molecule has 7 heteroatoms. The van der Waals surface area contributed by atoms with Gasteiger partial charge in [0.05, 0.1) is 4.90 Å². The number of ether oxygens (including phenoxy) is 1.